The molecule has 1 atom stereocenters. The number of hydrogen-bond donors (Lipinski definition) is 0. The summed E-state index contributed by atoms with van der Waals surface area (Å²) in [6, 6.07) is 8.44. The summed E-state index contributed by atoms with van der Waals surface area (Å²) >= 11 is 0. The summed E-state index contributed by atoms with van der Waals surface area (Å²) in [5.41, 5.74) is 0. The van der Waals surface area contributed by atoms with Crippen molar-refractivity contribution in [2.24, 2.45) is 0 Å². The van der Waals surface area contributed by atoms with Crippen LogP contribution in [0.1, 0.15) is 6.92 Å². The molecule has 15 heavy (non-hydrogen) atoms. The Labute approximate surface area is 87.9 Å². The predicted octanol–water partition coefficient (Wildman–Crippen LogP) is 2.63. The zero-order chi connectivity index (χ0) is 11.1. The lowest BCUT2D eigenvalue weighted by Gasteiger charge is -2.05. The van der Waals surface area contributed by atoms with Gasteiger partial charge < -0.3 is 13.8 Å². The Morgan fingerprint density at radius 1 is 1.33 bits per heavy atom. The molecule has 0 saturated heterocycles. The van der Waals surface area contributed by atoms with Gasteiger partial charge in [-0.05, 0) is 19.1 Å². The fourth-order valence-corrected chi connectivity index (χ4v) is 1.39. The van der Waals surface area contributed by atoms with E-state index < -0.39 is 14.4 Å². The highest BCUT2D eigenvalue weighted by atomic mass is 31.1. The van der Waals surface area contributed by atoms with Crippen LogP contribution in [-0.2, 0) is 13.8 Å². The molecule has 0 fully saturated rings. The highest BCUT2D eigenvalue weighted by Crippen LogP contribution is 2.27. The van der Waals surface area contributed by atoms with Crippen LogP contribution in [-0.4, -0.2) is 12.8 Å². The van der Waals surface area contributed by atoms with Crippen molar-refractivity contribution in [1.29, 1.82) is 0 Å². The summed E-state index contributed by atoms with van der Waals surface area (Å²) in [7, 11) is -2.89. The molecule has 6 heteroatoms. The van der Waals surface area contributed by atoms with Gasteiger partial charge in [0.15, 0.2) is 0 Å². The quantitative estimate of drug-likeness (QED) is 0.587. The number of ether oxygens (including phenoxy) is 1. The molecule has 0 amide bonds. The van der Waals surface area contributed by atoms with E-state index in [9.17, 15) is 9.36 Å². The molecule has 1 aromatic carbocycles. The van der Waals surface area contributed by atoms with Crippen molar-refractivity contribution in [2.75, 3.05) is 6.61 Å². The van der Waals surface area contributed by atoms with E-state index in [0.29, 0.717) is 5.75 Å². The first-order chi connectivity index (χ1) is 7.22. The second-order valence-electron chi connectivity index (χ2n) is 2.45. The van der Waals surface area contributed by atoms with Crippen LogP contribution in [0, 0.1) is 0 Å². The van der Waals surface area contributed by atoms with E-state index in [1.165, 1.54) is 0 Å². The van der Waals surface area contributed by atoms with Gasteiger partial charge in [0, 0.05) is 0 Å². The molecule has 1 rings (SSSR count). The number of para-hydroxylation sites is 1. The average molecular weight is 230 g/mol. The molecule has 0 heterocycles. The summed E-state index contributed by atoms with van der Waals surface area (Å²) in [6.07, 6.45) is -0.989. The molecule has 5 nitrogen and oxygen atoms in total. The first-order valence-electron chi connectivity index (χ1n) is 4.34. The van der Waals surface area contributed by atoms with E-state index >= 15 is 0 Å². The Balaban J connectivity index is 2.40. The SMILES string of the molecule is CCOC(=O)O[PH](=O)Oc1ccccc1. The minimum absolute atomic E-state index is 0.166. The molecule has 1 unspecified atom stereocenters. The fourth-order valence-electron chi connectivity index (χ4n) is 0.821. The van der Waals surface area contributed by atoms with E-state index in [4.69, 9.17) is 4.52 Å². The van der Waals surface area contributed by atoms with E-state index in [1.807, 2.05) is 0 Å². The number of benzene rings is 1. The van der Waals surface area contributed by atoms with E-state index in [2.05, 4.69) is 9.26 Å². The molecular weight excluding hydrogens is 219 g/mol. The Hall–Kier alpha value is -1.48. The smallest absolute Gasteiger partial charge is 0.434 e. The van der Waals surface area contributed by atoms with Gasteiger partial charge in [0.25, 0.3) is 0 Å². The molecule has 0 aliphatic heterocycles. The zero-order valence-electron chi connectivity index (χ0n) is 8.14. The van der Waals surface area contributed by atoms with Gasteiger partial charge in [-0.2, -0.15) is 0 Å². The molecular formula is C9H11O5P. The van der Waals surface area contributed by atoms with Crippen LogP contribution in [0.15, 0.2) is 30.3 Å². The fraction of sp³-hybridized carbons (Fsp3) is 0.222. The number of carbonyl (C=O) groups is 1. The van der Waals surface area contributed by atoms with Gasteiger partial charge in [-0.15, -0.1) is 0 Å². The van der Waals surface area contributed by atoms with Crippen molar-refractivity contribution in [3.63, 3.8) is 0 Å². The summed E-state index contributed by atoms with van der Waals surface area (Å²) in [6.45, 7) is 1.79. The van der Waals surface area contributed by atoms with Crippen molar-refractivity contribution >= 4 is 14.4 Å². The molecule has 0 N–H and O–H groups in total. The Bertz CT molecular complexity index is 338. The number of rotatable bonds is 4. The maximum Gasteiger partial charge on any atom is 0.515 e. The minimum atomic E-state index is -2.89. The highest BCUT2D eigenvalue weighted by Gasteiger charge is 2.09. The van der Waals surface area contributed by atoms with Gasteiger partial charge in [-0.3, -0.25) is 0 Å². The monoisotopic (exact) mass is 230 g/mol. The van der Waals surface area contributed by atoms with Crippen LogP contribution < -0.4 is 4.52 Å². The van der Waals surface area contributed by atoms with Gasteiger partial charge in [0.05, 0.1) is 6.61 Å². The molecule has 0 aromatic heterocycles. The normalized spacial score (nSPS) is 11.5. The molecule has 82 valence electrons. The first kappa shape index (κ1) is 11.6. The van der Waals surface area contributed by atoms with E-state index in [1.54, 1.807) is 37.3 Å². The largest absolute Gasteiger partial charge is 0.515 e. The Morgan fingerprint density at radius 3 is 2.60 bits per heavy atom. The minimum Gasteiger partial charge on any atom is -0.434 e. The van der Waals surface area contributed by atoms with Gasteiger partial charge in [0.1, 0.15) is 5.75 Å². The van der Waals surface area contributed by atoms with Crippen molar-refractivity contribution in [2.45, 2.75) is 6.92 Å². The van der Waals surface area contributed by atoms with Crippen LogP contribution in [0.25, 0.3) is 0 Å². The van der Waals surface area contributed by atoms with E-state index in [-0.39, 0.29) is 6.61 Å². The molecule has 0 radical (unpaired) electrons. The summed E-state index contributed by atoms with van der Waals surface area (Å²) in [5.74, 6) is 0.380. The van der Waals surface area contributed by atoms with Crippen LogP contribution >= 0.6 is 8.25 Å². The van der Waals surface area contributed by atoms with Crippen molar-refractivity contribution < 1.29 is 23.1 Å². The van der Waals surface area contributed by atoms with Gasteiger partial charge in [-0.25, -0.2) is 9.36 Å². The van der Waals surface area contributed by atoms with E-state index in [0.717, 1.165) is 0 Å². The molecule has 0 aliphatic carbocycles. The maximum atomic E-state index is 11.1. The predicted molar refractivity (Wildman–Crippen MR) is 54.2 cm³/mol. The summed E-state index contributed by atoms with van der Waals surface area (Å²) in [5, 5.41) is 0. The number of carbonyl (C=O) groups excluding carboxylic acids is 1. The van der Waals surface area contributed by atoms with Crippen LogP contribution in [0.4, 0.5) is 4.79 Å². The van der Waals surface area contributed by atoms with Crippen molar-refractivity contribution in [3.05, 3.63) is 30.3 Å². The van der Waals surface area contributed by atoms with Crippen LogP contribution in [0.5, 0.6) is 5.75 Å². The first-order valence-corrected chi connectivity index (χ1v) is 5.56. The number of hydrogen-bond acceptors (Lipinski definition) is 5. The molecule has 1 aromatic rings. The van der Waals surface area contributed by atoms with Gasteiger partial charge >= 0.3 is 14.4 Å². The molecule has 0 spiro atoms. The second-order valence-corrected chi connectivity index (χ2v) is 3.36. The van der Waals surface area contributed by atoms with Crippen molar-refractivity contribution in [3.8, 4) is 5.75 Å². The molecule has 0 bridgehead atoms. The maximum absolute atomic E-state index is 11.1. The highest BCUT2D eigenvalue weighted by molar-refractivity contribution is 7.34. The lowest BCUT2D eigenvalue weighted by molar-refractivity contribution is 0.103. The van der Waals surface area contributed by atoms with Crippen LogP contribution in [0.3, 0.4) is 0 Å². The Morgan fingerprint density at radius 2 is 2.00 bits per heavy atom. The van der Waals surface area contributed by atoms with Gasteiger partial charge in [-0.1, -0.05) is 18.2 Å². The average Bonchev–Trinajstić information content (AvgIpc) is 2.19. The Kier molecular flexibility index (Phi) is 4.71. The topological polar surface area (TPSA) is 61.8 Å². The van der Waals surface area contributed by atoms with Gasteiger partial charge in [0.2, 0.25) is 0 Å². The standard InChI is InChI=1S/C9H11O5P/c1-2-12-9(10)14-15(11)13-8-6-4-3-5-7-8/h3-7,15H,2H2,1H3. The third-order valence-electron chi connectivity index (χ3n) is 1.37. The second kappa shape index (κ2) is 6.09. The summed E-state index contributed by atoms with van der Waals surface area (Å²) in [4.78, 5) is 10.7. The lowest BCUT2D eigenvalue weighted by Crippen LogP contribution is -2.03. The summed E-state index contributed by atoms with van der Waals surface area (Å²) < 4.78 is 24.8. The van der Waals surface area contributed by atoms with Crippen LogP contribution in [0.2, 0.25) is 0 Å². The van der Waals surface area contributed by atoms with Crippen molar-refractivity contribution in [1.82, 2.24) is 0 Å². The molecule has 0 aliphatic rings. The third kappa shape index (κ3) is 4.51. The third-order valence-corrected chi connectivity index (χ3v) is 2.11. The lowest BCUT2D eigenvalue weighted by atomic mass is 10.3. The molecule has 0 saturated carbocycles. The zero-order valence-corrected chi connectivity index (χ0v) is 9.14.